The number of carbonyl (C=O) groups excluding carboxylic acids is 1. The molecule has 5 rings (SSSR count). The number of alkyl halides is 3. The van der Waals surface area contributed by atoms with Crippen LogP contribution < -0.4 is 20.3 Å². The van der Waals surface area contributed by atoms with E-state index in [0.717, 1.165) is 11.3 Å². The number of halogens is 3. The van der Waals surface area contributed by atoms with E-state index in [0.29, 0.717) is 24.8 Å². The number of Topliss-reactive ketones (excluding diaryl/α,β-unsaturated/α-hetero) is 1. The third-order valence-corrected chi connectivity index (χ3v) is 6.65. The molecule has 3 aliphatic rings. The molecule has 0 N–H and O–H groups in total. The van der Waals surface area contributed by atoms with Gasteiger partial charge in [0.2, 0.25) is 5.95 Å². The molecular formula is C22H25F3N6O3. The molecule has 2 aromatic heterocycles. The largest absolute Gasteiger partial charge is 0.408 e. The van der Waals surface area contributed by atoms with Crippen LogP contribution in [0.5, 0.6) is 0 Å². The second-order valence-corrected chi connectivity index (χ2v) is 9.10. The number of pyridine rings is 1. The molecule has 0 radical (unpaired) electrons. The number of ether oxygens (including phenoxy) is 1. The van der Waals surface area contributed by atoms with Crippen molar-refractivity contribution >= 4 is 23.4 Å². The van der Waals surface area contributed by atoms with Gasteiger partial charge in [0.15, 0.2) is 5.78 Å². The number of hydrogen-bond acceptors (Lipinski definition) is 8. The summed E-state index contributed by atoms with van der Waals surface area (Å²) in [6, 6.07) is 2.64. The lowest BCUT2D eigenvalue weighted by Crippen LogP contribution is -2.54. The maximum atomic E-state index is 14.0. The molecule has 182 valence electrons. The molecule has 3 atom stereocenters. The van der Waals surface area contributed by atoms with Crippen LogP contribution in [-0.4, -0.2) is 78.5 Å². The number of nitrogens with zero attached hydrogens (tertiary/aromatic N) is 6. The summed E-state index contributed by atoms with van der Waals surface area (Å²) in [6.45, 7) is 0.336. The molecule has 12 heteroatoms. The smallest absolute Gasteiger partial charge is 0.374 e. The zero-order valence-electron chi connectivity index (χ0n) is 18.8. The van der Waals surface area contributed by atoms with Crippen molar-refractivity contribution in [2.45, 2.75) is 43.8 Å². The Morgan fingerprint density at radius 2 is 2.09 bits per heavy atom. The molecule has 2 fully saturated rings. The summed E-state index contributed by atoms with van der Waals surface area (Å²) >= 11 is 0. The van der Waals surface area contributed by atoms with E-state index in [9.17, 15) is 22.8 Å². The van der Waals surface area contributed by atoms with Gasteiger partial charge < -0.3 is 19.4 Å². The molecule has 0 spiro atoms. The van der Waals surface area contributed by atoms with Crippen molar-refractivity contribution in [3.63, 3.8) is 0 Å². The van der Waals surface area contributed by atoms with E-state index >= 15 is 0 Å². The van der Waals surface area contributed by atoms with Gasteiger partial charge in [-0.1, -0.05) is 0 Å². The maximum Gasteiger partial charge on any atom is 0.408 e. The average Bonchev–Trinajstić information content (AvgIpc) is 3.42. The number of anilines is 3. The molecule has 2 bridgehead atoms. The van der Waals surface area contributed by atoms with Crippen LogP contribution in [0, 0.1) is 0 Å². The minimum Gasteiger partial charge on any atom is -0.374 e. The number of aromatic nitrogens is 3. The van der Waals surface area contributed by atoms with Gasteiger partial charge in [0.05, 0.1) is 25.3 Å². The minimum absolute atomic E-state index is 0.0313. The van der Waals surface area contributed by atoms with Crippen molar-refractivity contribution in [1.82, 2.24) is 14.5 Å². The fourth-order valence-electron chi connectivity index (χ4n) is 4.87. The van der Waals surface area contributed by atoms with E-state index in [-0.39, 0.29) is 36.6 Å². The van der Waals surface area contributed by atoms with Gasteiger partial charge in [-0.2, -0.15) is 18.2 Å². The van der Waals surface area contributed by atoms with Gasteiger partial charge in [-0.15, -0.1) is 0 Å². The van der Waals surface area contributed by atoms with E-state index < -0.39 is 30.1 Å². The molecule has 2 aromatic rings. The monoisotopic (exact) mass is 478 g/mol. The maximum absolute atomic E-state index is 14.0. The number of hydrogen-bond donors (Lipinski definition) is 0. The quantitative estimate of drug-likeness (QED) is 0.601. The molecule has 2 saturated heterocycles. The van der Waals surface area contributed by atoms with E-state index in [1.807, 2.05) is 4.90 Å². The number of carbonyl (C=O) groups is 1. The number of morpholine rings is 1. The first-order valence-electron chi connectivity index (χ1n) is 11.1. The first-order chi connectivity index (χ1) is 16.1. The highest BCUT2D eigenvalue weighted by atomic mass is 19.4. The predicted molar refractivity (Wildman–Crippen MR) is 119 cm³/mol. The fourth-order valence-corrected chi connectivity index (χ4v) is 4.87. The standard InChI is InChI=1S/C22H25F3N6O3/c1-28(2)18-4-3-13(9-26-18)16(32)11-31-17(22(23,24)25)5-6-29-20(33)8-19(27-21(29)31)30-10-15-7-14(30)12-34-15/h3-4,8-9,14-15,17H,5-7,10-12H2,1-2H3/t14-,15-,17-/m0/s1. The zero-order chi connectivity index (χ0) is 24.2. The lowest BCUT2D eigenvalue weighted by Gasteiger charge is -2.39. The number of fused-ring (bicyclic) bond motifs is 3. The molecule has 0 unspecified atom stereocenters. The Kier molecular flexibility index (Phi) is 5.50. The molecule has 0 aliphatic carbocycles. The average molecular weight is 478 g/mol. The molecule has 34 heavy (non-hydrogen) atoms. The van der Waals surface area contributed by atoms with Crippen molar-refractivity contribution in [2.24, 2.45) is 0 Å². The van der Waals surface area contributed by atoms with Crippen molar-refractivity contribution in [1.29, 1.82) is 0 Å². The van der Waals surface area contributed by atoms with Gasteiger partial charge in [-0.25, -0.2) is 4.98 Å². The molecular weight excluding hydrogens is 453 g/mol. The van der Waals surface area contributed by atoms with Crippen LogP contribution in [0.3, 0.4) is 0 Å². The van der Waals surface area contributed by atoms with Crippen molar-refractivity contribution < 1.29 is 22.7 Å². The summed E-state index contributed by atoms with van der Waals surface area (Å²) in [5, 5.41) is 0. The van der Waals surface area contributed by atoms with Crippen molar-refractivity contribution in [3.8, 4) is 0 Å². The highest BCUT2D eigenvalue weighted by molar-refractivity contribution is 5.99. The normalized spacial score (nSPS) is 23.9. The van der Waals surface area contributed by atoms with E-state index in [2.05, 4.69) is 9.97 Å². The van der Waals surface area contributed by atoms with Gasteiger partial charge in [0.25, 0.3) is 5.56 Å². The van der Waals surface area contributed by atoms with Crippen LogP contribution in [-0.2, 0) is 11.3 Å². The summed E-state index contributed by atoms with van der Waals surface area (Å²) < 4.78 is 48.8. The number of rotatable bonds is 5. The molecule has 0 amide bonds. The third kappa shape index (κ3) is 3.99. The molecule has 0 saturated carbocycles. The SMILES string of the molecule is CN(C)c1ccc(C(=O)CN2c3nc(N4C[C@@H]5C[C@H]4CO5)cc(=O)n3CC[C@H]2C(F)(F)F)cn1. The van der Waals surface area contributed by atoms with Gasteiger partial charge in [-0.05, 0) is 25.0 Å². The van der Waals surface area contributed by atoms with E-state index in [1.165, 1.54) is 22.9 Å². The Labute approximate surface area is 193 Å². The van der Waals surface area contributed by atoms with Crippen LogP contribution in [0.1, 0.15) is 23.2 Å². The third-order valence-electron chi connectivity index (χ3n) is 6.65. The Hall–Kier alpha value is -3.15. The summed E-state index contributed by atoms with van der Waals surface area (Å²) in [5.41, 5.74) is -0.241. The first-order valence-corrected chi connectivity index (χ1v) is 11.1. The lowest BCUT2D eigenvalue weighted by atomic mass is 10.1. The van der Waals surface area contributed by atoms with Crippen LogP contribution in [0.4, 0.5) is 30.8 Å². The molecule has 3 aliphatic heterocycles. The van der Waals surface area contributed by atoms with Crippen molar-refractivity contribution in [3.05, 3.63) is 40.3 Å². The predicted octanol–water partition coefficient (Wildman–Crippen LogP) is 1.71. The van der Waals surface area contributed by atoms with Gasteiger partial charge in [0, 0.05) is 45.0 Å². The molecule has 0 aromatic carbocycles. The van der Waals surface area contributed by atoms with E-state index in [4.69, 9.17) is 4.74 Å². The Morgan fingerprint density at radius 3 is 2.68 bits per heavy atom. The van der Waals surface area contributed by atoms with E-state index in [1.54, 1.807) is 25.1 Å². The topological polar surface area (TPSA) is 83.8 Å². The zero-order valence-corrected chi connectivity index (χ0v) is 18.8. The Balaban J connectivity index is 1.50. The van der Waals surface area contributed by atoms with Crippen LogP contribution >= 0.6 is 0 Å². The minimum atomic E-state index is -4.59. The first kappa shape index (κ1) is 22.6. The van der Waals surface area contributed by atoms with Gasteiger partial charge in [0.1, 0.15) is 17.7 Å². The fraction of sp³-hybridized carbons (Fsp3) is 0.545. The molecule has 9 nitrogen and oxygen atoms in total. The second kappa shape index (κ2) is 8.26. The van der Waals surface area contributed by atoms with Gasteiger partial charge >= 0.3 is 6.18 Å². The summed E-state index contributed by atoms with van der Waals surface area (Å²) in [4.78, 5) is 39.1. The lowest BCUT2D eigenvalue weighted by molar-refractivity contribution is -0.152. The summed E-state index contributed by atoms with van der Waals surface area (Å²) in [6.07, 6.45) is -2.76. The Morgan fingerprint density at radius 1 is 1.29 bits per heavy atom. The van der Waals surface area contributed by atoms with Crippen LogP contribution in [0.15, 0.2) is 29.2 Å². The van der Waals surface area contributed by atoms with Crippen LogP contribution in [0.25, 0.3) is 0 Å². The number of ketones is 1. The van der Waals surface area contributed by atoms with Crippen LogP contribution in [0.2, 0.25) is 0 Å². The van der Waals surface area contributed by atoms with Gasteiger partial charge in [-0.3, -0.25) is 14.2 Å². The summed E-state index contributed by atoms with van der Waals surface area (Å²) in [7, 11) is 3.59. The highest BCUT2D eigenvalue weighted by Crippen LogP contribution is 2.36. The molecule has 5 heterocycles. The van der Waals surface area contributed by atoms with Crippen molar-refractivity contribution in [2.75, 3.05) is 48.5 Å². The Bertz CT molecular complexity index is 1150. The second-order valence-electron chi connectivity index (χ2n) is 9.10. The summed E-state index contributed by atoms with van der Waals surface area (Å²) in [5.74, 6) is 0.277. The highest BCUT2D eigenvalue weighted by Gasteiger charge is 2.48.